The van der Waals surface area contributed by atoms with Gasteiger partial charge in [0, 0.05) is 51.7 Å². The number of thioether (sulfide) groups is 2. The molecule has 0 nitrogen and oxygen atoms in total. The van der Waals surface area contributed by atoms with Crippen LogP contribution in [0.15, 0.2) is 72.8 Å². The molecule has 0 amide bonds. The van der Waals surface area contributed by atoms with E-state index < -0.39 is 0 Å². The Hall–Kier alpha value is -1.98. The summed E-state index contributed by atoms with van der Waals surface area (Å²) >= 11 is 8.26. The predicted octanol–water partition coefficient (Wildman–Crippen LogP) is 11.1. The van der Waals surface area contributed by atoms with E-state index in [1.165, 1.54) is 51.6 Å². The fourth-order valence-electron chi connectivity index (χ4n) is 7.58. The molecule has 2 aromatic heterocycles. The van der Waals surface area contributed by atoms with Crippen molar-refractivity contribution in [2.45, 2.75) is 63.9 Å². The van der Waals surface area contributed by atoms with Gasteiger partial charge < -0.3 is 0 Å². The van der Waals surface area contributed by atoms with Gasteiger partial charge in [0.25, 0.3) is 0 Å². The van der Waals surface area contributed by atoms with Crippen LogP contribution in [0.1, 0.15) is 64.7 Å². The van der Waals surface area contributed by atoms with Crippen molar-refractivity contribution in [3.63, 3.8) is 0 Å². The Balaban J connectivity index is 1.44. The van der Waals surface area contributed by atoms with Gasteiger partial charge in [-0.25, -0.2) is 0 Å². The minimum atomic E-state index is 0.489. The maximum atomic E-state index is 2.70. The maximum absolute atomic E-state index is 2.70. The summed E-state index contributed by atoms with van der Waals surface area (Å²) in [6, 6.07) is 23.1. The first-order valence-corrected chi connectivity index (χ1v) is 17.7. The van der Waals surface area contributed by atoms with E-state index in [1.807, 2.05) is 22.7 Å². The van der Waals surface area contributed by atoms with Crippen LogP contribution in [0.4, 0.5) is 0 Å². The molecule has 4 heterocycles. The Kier molecular flexibility index (Phi) is 6.98. The average molecular weight is 597 g/mol. The number of rotatable bonds is 4. The van der Waals surface area contributed by atoms with E-state index in [0.717, 1.165) is 0 Å². The van der Waals surface area contributed by atoms with Crippen molar-refractivity contribution in [2.24, 2.45) is 11.8 Å². The molecule has 0 radical (unpaired) electrons. The van der Waals surface area contributed by atoms with Gasteiger partial charge in [-0.2, -0.15) is 0 Å². The number of hydrogen-bond donors (Lipinski definition) is 0. The molecular weight excluding hydrogens is 561 g/mol. The van der Waals surface area contributed by atoms with Crippen molar-refractivity contribution >= 4 is 56.0 Å². The lowest BCUT2D eigenvalue weighted by Crippen LogP contribution is -2.44. The maximum Gasteiger partial charge on any atom is 0.0406 e. The zero-order chi connectivity index (χ0) is 27.7. The molecule has 0 spiro atoms. The second-order valence-electron chi connectivity index (χ2n) is 11.9. The second-order valence-corrected chi connectivity index (χ2v) is 16.9. The number of benzene rings is 2. The van der Waals surface area contributed by atoms with E-state index >= 15 is 0 Å². The van der Waals surface area contributed by atoms with Crippen molar-refractivity contribution < 1.29 is 0 Å². The molecule has 0 N–H and O–H groups in total. The zero-order valence-electron chi connectivity index (χ0n) is 24.0. The molecule has 1 saturated carbocycles. The summed E-state index contributed by atoms with van der Waals surface area (Å²) in [7, 11) is 0. The molecular formula is C36H36S4. The van der Waals surface area contributed by atoms with Crippen molar-refractivity contribution in [3.05, 3.63) is 126 Å². The average Bonchev–Trinajstić information content (AvgIpc) is 3.70. The first kappa shape index (κ1) is 26.9. The summed E-state index contributed by atoms with van der Waals surface area (Å²) < 4.78 is 0. The van der Waals surface area contributed by atoms with E-state index in [1.54, 1.807) is 11.1 Å². The van der Waals surface area contributed by atoms with Gasteiger partial charge in [-0.15, -0.1) is 46.2 Å². The minimum absolute atomic E-state index is 0.489. The smallest absolute Gasteiger partial charge is 0.0406 e. The zero-order valence-corrected chi connectivity index (χ0v) is 27.3. The number of aryl methyl sites for hydroxylation is 6. The lowest BCUT2D eigenvalue weighted by molar-refractivity contribution is 0.295. The molecule has 6 atom stereocenters. The van der Waals surface area contributed by atoms with Gasteiger partial charge in [-0.1, -0.05) is 48.6 Å². The summed E-state index contributed by atoms with van der Waals surface area (Å²) in [5, 5.41) is 1.03. The van der Waals surface area contributed by atoms with E-state index in [-0.39, 0.29) is 0 Å². The molecule has 6 unspecified atom stereocenters. The Labute approximate surface area is 256 Å². The molecule has 0 saturated heterocycles. The molecule has 0 bridgehead atoms. The summed E-state index contributed by atoms with van der Waals surface area (Å²) in [5.41, 5.74) is 9.00. The fourth-order valence-corrected chi connectivity index (χ4v) is 12.9. The summed E-state index contributed by atoms with van der Waals surface area (Å²) in [6.45, 7) is 13.8. The Morgan fingerprint density at radius 2 is 0.850 bits per heavy atom. The van der Waals surface area contributed by atoms with Crippen LogP contribution in [0.3, 0.4) is 0 Å². The second kappa shape index (κ2) is 10.4. The molecule has 40 heavy (non-hydrogen) atoms. The Bertz CT molecular complexity index is 1500. The number of fused-ring (bicyclic) bond motifs is 2. The molecule has 1 aliphatic carbocycles. The molecule has 4 heteroatoms. The molecule has 4 aromatic rings. The molecule has 2 aliphatic heterocycles. The molecule has 2 aromatic carbocycles. The Morgan fingerprint density at radius 3 is 1.18 bits per heavy atom. The van der Waals surface area contributed by atoms with Crippen molar-refractivity contribution in [1.82, 2.24) is 0 Å². The van der Waals surface area contributed by atoms with E-state index in [4.69, 9.17) is 0 Å². The van der Waals surface area contributed by atoms with E-state index in [2.05, 4.69) is 138 Å². The van der Waals surface area contributed by atoms with Crippen LogP contribution in [0.25, 0.3) is 9.81 Å². The van der Waals surface area contributed by atoms with Gasteiger partial charge in [0.05, 0.1) is 0 Å². The highest BCUT2D eigenvalue weighted by Crippen LogP contribution is 2.67. The van der Waals surface area contributed by atoms with E-state index in [0.29, 0.717) is 34.2 Å². The van der Waals surface area contributed by atoms with Gasteiger partial charge in [-0.05, 0) is 111 Å². The van der Waals surface area contributed by atoms with Crippen LogP contribution in [-0.2, 0) is 0 Å². The Morgan fingerprint density at radius 1 is 0.475 bits per heavy atom. The van der Waals surface area contributed by atoms with Crippen LogP contribution in [0, 0.1) is 53.4 Å². The van der Waals surface area contributed by atoms with Crippen molar-refractivity contribution in [3.8, 4) is 0 Å². The third-order valence-corrected chi connectivity index (χ3v) is 14.5. The molecule has 1 fully saturated rings. The van der Waals surface area contributed by atoms with Crippen LogP contribution in [0.2, 0.25) is 0 Å². The largest absolute Gasteiger partial charge is 0.140 e. The van der Waals surface area contributed by atoms with Gasteiger partial charge in [0.15, 0.2) is 0 Å². The van der Waals surface area contributed by atoms with Crippen LogP contribution >= 0.6 is 46.2 Å². The topological polar surface area (TPSA) is 0 Å². The molecule has 3 aliphatic rings. The third kappa shape index (κ3) is 4.42. The monoisotopic (exact) mass is 596 g/mol. The van der Waals surface area contributed by atoms with Crippen molar-refractivity contribution in [1.29, 1.82) is 0 Å². The molecule has 7 rings (SSSR count). The lowest BCUT2D eigenvalue weighted by Gasteiger charge is -2.48. The highest BCUT2D eigenvalue weighted by Gasteiger charge is 2.56. The highest BCUT2D eigenvalue weighted by atomic mass is 32.2. The van der Waals surface area contributed by atoms with Gasteiger partial charge >= 0.3 is 0 Å². The van der Waals surface area contributed by atoms with Crippen LogP contribution < -0.4 is 0 Å². The quantitative estimate of drug-likeness (QED) is 0.230. The lowest BCUT2D eigenvalue weighted by atomic mass is 9.61. The molecule has 204 valence electrons. The minimum Gasteiger partial charge on any atom is -0.140 e. The summed E-state index contributed by atoms with van der Waals surface area (Å²) in [6.07, 6.45) is 5.39. The standard InChI is InChI=1S/C36H36S4/c1-19-9-7-10-20(2)31(19)33-25-17-29(27-15-13-23(5)37-27)40-36(25)34(32-21(3)11-8-12-22(32)4)26-18-30(39-35(26)33)28-16-14-24(6)38-28/h7-18,25-26,33-36H,1-6H3. The SMILES string of the molecule is Cc1ccc(C2=CC3C(S2)C(c2c(C)cccc2C)C2C=C(c4ccc(C)s4)SC2C3c2c(C)cccc2C)s1. The van der Waals surface area contributed by atoms with Crippen molar-refractivity contribution in [2.75, 3.05) is 0 Å². The summed E-state index contributed by atoms with van der Waals surface area (Å²) in [5.74, 6) is 1.97. The summed E-state index contributed by atoms with van der Waals surface area (Å²) in [4.78, 5) is 8.69. The number of allylic oxidation sites excluding steroid dienone is 2. The highest BCUT2D eigenvalue weighted by molar-refractivity contribution is 8.10. The fraction of sp³-hybridized carbons (Fsp3) is 0.333. The third-order valence-electron chi connectivity index (χ3n) is 9.23. The first-order chi connectivity index (χ1) is 19.3. The first-order valence-electron chi connectivity index (χ1n) is 14.3. The van der Waals surface area contributed by atoms with Gasteiger partial charge in [0.1, 0.15) is 0 Å². The van der Waals surface area contributed by atoms with Crippen LogP contribution in [-0.4, -0.2) is 10.5 Å². The van der Waals surface area contributed by atoms with Gasteiger partial charge in [-0.3, -0.25) is 0 Å². The predicted molar refractivity (Wildman–Crippen MR) is 181 cm³/mol. The van der Waals surface area contributed by atoms with Crippen LogP contribution in [0.5, 0.6) is 0 Å². The number of hydrogen-bond acceptors (Lipinski definition) is 4. The van der Waals surface area contributed by atoms with Gasteiger partial charge in [0.2, 0.25) is 0 Å². The van der Waals surface area contributed by atoms with E-state index in [9.17, 15) is 0 Å². The number of thiophene rings is 2. The normalized spacial score (nSPS) is 27.4.